The van der Waals surface area contributed by atoms with Crippen molar-refractivity contribution in [2.45, 2.75) is 58.8 Å². The van der Waals surface area contributed by atoms with Crippen LogP contribution in [0.25, 0.3) is 10.8 Å². The van der Waals surface area contributed by atoms with Crippen molar-refractivity contribution in [3.8, 4) is 11.5 Å². The van der Waals surface area contributed by atoms with Crippen LogP contribution in [-0.2, 0) is 17.3 Å². The highest BCUT2D eigenvalue weighted by atomic mass is 16.5. The van der Waals surface area contributed by atoms with Crippen molar-refractivity contribution in [1.29, 1.82) is 0 Å². The fourth-order valence-corrected chi connectivity index (χ4v) is 3.80. The molecule has 0 heterocycles. The van der Waals surface area contributed by atoms with Crippen LogP contribution in [0.2, 0.25) is 0 Å². The molecule has 0 fully saturated rings. The smallest absolute Gasteiger partial charge is 0.127 e. The minimum Gasteiger partial charge on any atom is -0.508 e. The first-order valence-electron chi connectivity index (χ1n) is 9.94. The largest absolute Gasteiger partial charge is 0.508 e. The lowest BCUT2D eigenvalue weighted by Crippen LogP contribution is -2.16. The first-order valence-corrected chi connectivity index (χ1v) is 9.94. The van der Waals surface area contributed by atoms with E-state index in [4.69, 9.17) is 4.74 Å². The van der Waals surface area contributed by atoms with Gasteiger partial charge in [0.1, 0.15) is 11.5 Å². The van der Waals surface area contributed by atoms with E-state index in [0.717, 1.165) is 16.7 Å². The third kappa shape index (κ3) is 3.87. The third-order valence-corrected chi connectivity index (χ3v) is 5.46. The maximum absolute atomic E-state index is 10.4. The van der Waals surface area contributed by atoms with Gasteiger partial charge in [-0.3, -0.25) is 0 Å². The van der Waals surface area contributed by atoms with E-state index in [0.29, 0.717) is 12.2 Å². The van der Waals surface area contributed by atoms with Gasteiger partial charge in [-0.2, -0.15) is 0 Å². The fraction of sp³-hybridized carbons (Fsp3) is 0.385. The van der Waals surface area contributed by atoms with Crippen LogP contribution >= 0.6 is 0 Å². The van der Waals surface area contributed by atoms with Gasteiger partial charge in [0.25, 0.3) is 0 Å². The highest BCUT2D eigenvalue weighted by molar-refractivity contribution is 5.93. The summed E-state index contributed by atoms with van der Waals surface area (Å²) >= 11 is 0. The van der Waals surface area contributed by atoms with E-state index < -0.39 is 0 Å². The summed E-state index contributed by atoms with van der Waals surface area (Å²) in [5, 5.41) is 12.7. The van der Waals surface area contributed by atoms with Crippen LogP contribution in [0, 0.1) is 0 Å². The molecule has 3 aromatic carbocycles. The zero-order chi connectivity index (χ0) is 20.7. The Kier molecular flexibility index (Phi) is 5.18. The molecule has 0 amide bonds. The molecule has 0 saturated carbocycles. The van der Waals surface area contributed by atoms with Gasteiger partial charge < -0.3 is 9.84 Å². The maximum Gasteiger partial charge on any atom is 0.127 e. The van der Waals surface area contributed by atoms with E-state index in [-0.39, 0.29) is 10.8 Å². The van der Waals surface area contributed by atoms with E-state index in [2.05, 4.69) is 65.8 Å². The van der Waals surface area contributed by atoms with E-state index in [9.17, 15) is 5.11 Å². The summed E-state index contributed by atoms with van der Waals surface area (Å²) in [5.74, 6) is 1.25. The average molecular weight is 377 g/mol. The van der Waals surface area contributed by atoms with E-state index in [1.807, 2.05) is 18.2 Å². The topological polar surface area (TPSA) is 29.5 Å². The average Bonchev–Trinajstić information content (AvgIpc) is 2.61. The zero-order valence-corrected chi connectivity index (χ0v) is 18.2. The lowest BCUT2D eigenvalue weighted by Gasteiger charge is -2.27. The summed E-state index contributed by atoms with van der Waals surface area (Å²) in [6, 6.07) is 16.5. The fourth-order valence-electron chi connectivity index (χ4n) is 3.80. The van der Waals surface area contributed by atoms with Crippen molar-refractivity contribution in [2.24, 2.45) is 0 Å². The molecule has 0 aliphatic heterocycles. The molecular formula is C26H32O2. The normalized spacial score (nSPS) is 12.4. The van der Waals surface area contributed by atoms with Crippen molar-refractivity contribution in [3.63, 3.8) is 0 Å². The highest BCUT2D eigenvalue weighted by Gasteiger charge is 2.24. The number of phenolic OH excluding ortho intramolecular Hbond substituents is 1. The number of para-hydroxylation sites is 1. The molecule has 0 bridgehead atoms. The van der Waals surface area contributed by atoms with Gasteiger partial charge >= 0.3 is 0 Å². The van der Waals surface area contributed by atoms with Crippen LogP contribution in [0.4, 0.5) is 0 Å². The lowest BCUT2D eigenvalue weighted by molar-refractivity contribution is 0.417. The minimum absolute atomic E-state index is 0.0378. The standard InChI is InChI=1S/C26H32O2/c1-25(2,3)18-12-13-19-20(14-17-10-8-9-11-23(17)27)22(26(4,5)6)16-24(28-7)21(19)15-18/h8-13,15-16,27H,14H2,1-7H3. The molecule has 0 unspecified atom stereocenters. The number of phenols is 1. The Balaban J connectivity index is 2.34. The van der Waals surface area contributed by atoms with Crippen molar-refractivity contribution >= 4 is 10.8 Å². The second-order valence-electron chi connectivity index (χ2n) is 9.67. The van der Waals surface area contributed by atoms with Crippen LogP contribution in [0.15, 0.2) is 48.5 Å². The summed E-state index contributed by atoms with van der Waals surface area (Å²) in [5.41, 5.74) is 4.77. The van der Waals surface area contributed by atoms with Crippen LogP contribution in [0.1, 0.15) is 63.8 Å². The predicted octanol–water partition coefficient (Wildman–Crippen LogP) is 6.74. The van der Waals surface area contributed by atoms with Gasteiger partial charge in [0.15, 0.2) is 0 Å². The monoisotopic (exact) mass is 376 g/mol. The molecule has 2 nitrogen and oxygen atoms in total. The maximum atomic E-state index is 10.4. The molecular weight excluding hydrogens is 344 g/mol. The molecule has 0 radical (unpaired) electrons. The van der Waals surface area contributed by atoms with Gasteiger partial charge in [0, 0.05) is 11.8 Å². The SMILES string of the molecule is COc1cc(C(C)(C)C)c(Cc2ccccc2O)c2ccc(C(C)(C)C)cc12. The van der Waals surface area contributed by atoms with Crippen molar-refractivity contribution in [2.75, 3.05) is 7.11 Å². The molecule has 2 heteroatoms. The Hall–Kier alpha value is -2.48. The Morgan fingerprint density at radius 2 is 1.50 bits per heavy atom. The van der Waals surface area contributed by atoms with E-state index >= 15 is 0 Å². The first-order chi connectivity index (χ1) is 13.0. The van der Waals surface area contributed by atoms with Gasteiger partial charge in [-0.15, -0.1) is 0 Å². The summed E-state index contributed by atoms with van der Waals surface area (Å²) in [6.45, 7) is 13.4. The predicted molar refractivity (Wildman–Crippen MR) is 119 cm³/mol. The highest BCUT2D eigenvalue weighted by Crippen LogP contribution is 2.40. The molecule has 0 spiro atoms. The number of rotatable bonds is 3. The molecule has 0 atom stereocenters. The number of methoxy groups -OCH3 is 1. The lowest BCUT2D eigenvalue weighted by atomic mass is 9.78. The second-order valence-corrected chi connectivity index (χ2v) is 9.67. The van der Waals surface area contributed by atoms with Gasteiger partial charge in [-0.1, -0.05) is 71.9 Å². The van der Waals surface area contributed by atoms with Crippen LogP contribution in [-0.4, -0.2) is 12.2 Å². The zero-order valence-electron chi connectivity index (χ0n) is 18.2. The molecule has 3 aromatic rings. The summed E-state index contributed by atoms with van der Waals surface area (Å²) in [4.78, 5) is 0. The van der Waals surface area contributed by atoms with E-state index in [1.54, 1.807) is 13.2 Å². The number of aromatic hydroxyl groups is 1. The Labute approximate surface area is 169 Å². The molecule has 0 saturated heterocycles. The number of ether oxygens (including phenoxy) is 1. The number of benzene rings is 3. The van der Waals surface area contributed by atoms with Gasteiger partial charge in [0.2, 0.25) is 0 Å². The van der Waals surface area contributed by atoms with Crippen molar-refractivity contribution in [1.82, 2.24) is 0 Å². The Morgan fingerprint density at radius 3 is 2.07 bits per heavy atom. The quantitative estimate of drug-likeness (QED) is 0.548. The molecule has 0 aliphatic carbocycles. The second kappa shape index (κ2) is 7.16. The molecule has 28 heavy (non-hydrogen) atoms. The first kappa shape index (κ1) is 20.3. The third-order valence-electron chi connectivity index (χ3n) is 5.46. The molecule has 1 N–H and O–H groups in total. The summed E-state index contributed by atoms with van der Waals surface area (Å²) < 4.78 is 5.81. The molecule has 3 rings (SSSR count). The van der Waals surface area contributed by atoms with Crippen molar-refractivity contribution < 1.29 is 9.84 Å². The Bertz CT molecular complexity index is 1000. The molecule has 0 aliphatic rings. The summed E-state index contributed by atoms with van der Waals surface area (Å²) in [7, 11) is 1.74. The minimum atomic E-state index is -0.0378. The van der Waals surface area contributed by atoms with Crippen molar-refractivity contribution in [3.05, 3.63) is 70.8 Å². The number of hydrogen-bond donors (Lipinski definition) is 1. The molecule has 0 aromatic heterocycles. The van der Waals surface area contributed by atoms with Crippen LogP contribution in [0.5, 0.6) is 11.5 Å². The number of fused-ring (bicyclic) bond motifs is 1. The number of hydrogen-bond acceptors (Lipinski definition) is 2. The Morgan fingerprint density at radius 1 is 0.821 bits per heavy atom. The summed E-state index contributed by atoms with van der Waals surface area (Å²) in [6.07, 6.45) is 0.689. The van der Waals surface area contributed by atoms with Gasteiger partial charge in [-0.05, 0) is 56.7 Å². The van der Waals surface area contributed by atoms with E-state index in [1.165, 1.54) is 22.1 Å². The van der Waals surface area contributed by atoms with Gasteiger partial charge in [0.05, 0.1) is 7.11 Å². The molecule has 148 valence electrons. The van der Waals surface area contributed by atoms with Gasteiger partial charge in [-0.25, -0.2) is 0 Å². The van der Waals surface area contributed by atoms with Crippen LogP contribution < -0.4 is 4.74 Å². The van der Waals surface area contributed by atoms with Crippen LogP contribution in [0.3, 0.4) is 0 Å².